The van der Waals surface area contributed by atoms with Crippen molar-refractivity contribution in [3.8, 4) is 0 Å². The monoisotopic (exact) mass is 476 g/mol. The van der Waals surface area contributed by atoms with Crippen LogP contribution in [-0.4, -0.2) is 40.6 Å². The third-order valence-electron chi connectivity index (χ3n) is 7.40. The molecule has 7 heteroatoms. The quantitative estimate of drug-likeness (QED) is 0.469. The van der Waals surface area contributed by atoms with Crippen LogP contribution in [0.15, 0.2) is 59.1 Å². The Morgan fingerprint density at radius 2 is 1.89 bits per heavy atom. The Morgan fingerprint density at radius 3 is 2.60 bits per heavy atom. The van der Waals surface area contributed by atoms with Gasteiger partial charge in [0.1, 0.15) is 5.82 Å². The first-order valence-electron chi connectivity index (χ1n) is 12.8. The molecule has 1 aromatic heterocycles. The maximum absolute atomic E-state index is 13.9. The summed E-state index contributed by atoms with van der Waals surface area (Å²) in [5.41, 5.74) is 2.01. The molecule has 2 heterocycles. The van der Waals surface area contributed by atoms with Crippen molar-refractivity contribution in [2.24, 2.45) is 5.92 Å². The van der Waals surface area contributed by atoms with Crippen molar-refractivity contribution in [1.82, 2.24) is 20.4 Å². The van der Waals surface area contributed by atoms with E-state index >= 15 is 0 Å². The number of carbonyl (C=O) groups excluding carboxylic acids is 1. The van der Waals surface area contributed by atoms with Crippen LogP contribution >= 0.6 is 0 Å². The molecule has 1 aliphatic heterocycles. The van der Waals surface area contributed by atoms with E-state index in [1.165, 1.54) is 11.6 Å². The van der Waals surface area contributed by atoms with Gasteiger partial charge in [-0.2, -0.15) is 4.98 Å². The average molecular weight is 477 g/mol. The minimum Gasteiger partial charge on any atom is -0.349 e. The first-order chi connectivity index (χ1) is 17.1. The van der Waals surface area contributed by atoms with Gasteiger partial charge in [-0.3, -0.25) is 4.79 Å². The highest BCUT2D eigenvalue weighted by Gasteiger charge is 2.29. The summed E-state index contributed by atoms with van der Waals surface area (Å²) in [6.07, 6.45) is 6.39. The Hall–Kier alpha value is -3.06. The van der Waals surface area contributed by atoms with Crippen LogP contribution in [0.5, 0.6) is 0 Å². The Labute approximate surface area is 205 Å². The van der Waals surface area contributed by atoms with Crippen LogP contribution in [0.25, 0.3) is 0 Å². The van der Waals surface area contributed by atoms with Crippen molar-refractivity contribution in [3.63, 3.8) is 0 Å². The van der Waals surface area contributed by atoms with E-state index in [9.17, 15) is 9.18 Å². The van der Waals surface area contributed by atoms with Gasteiger partial charge in [-0.25, -0.2) is 4.39 Å². The molecule has 2 fully saturated rings. The lowest BCUT2D eigenvalue weighted by Crippen LogP contribution is -2.39. The first-order valence-corrected chi connectivity index (χ1v) is 12.8. The number of aromatic nitrogens is 2. The molecule has 2 aliphatic rings. The van der Waals surface area contributed by atoms with Crippen molar-refractivity contribution in [2.75, 3.05) is 19.6 Å². The molecule has 1 N–H and O–H groups in total. The lowest BCUT2D eigenvalue weighted by molar-refractivity contribution is -0.128. The topological polar surface area (TPSA) is 71.3 Å². The summed E-state index contributed by atoms with van der Waals surface area (Å²) < 4.78 is 19.5. The van der Waals surface area contributed by atoms with Gasteiger partial charge < -0.3 is 14.7 Å². The second-order valence-electron chi connectivity index (χ2n) is 9.86. The Morgan fingerprint density at radius 1 is 1.09 bits per heavy atom. The molecule has 0 spiro atoms. The summed E-state index contributed by atoms with van der Waals surface area (Å²) in [6, 6.07) is 16.6. The molecule has 35 heavy (non-hydrogen) atoms. The van der Waals surface area contributed by atoms with Gasteiger partial charge in [0.25, 0.3) is 0 Å². The van der Waals surface area contributed by atoms with Crippen molar-refractivity contribution >= 4 is 5.91 Å². The summed E-state index contributed by atoms with van der Waals surface area (Å²) in [4.78, 5) is 19.7. The molecule has 1 saturated carbocycles. The van der Waals surface area contributed by atoms with Crippen LogP contribution in [0, 0.1) is 11.7 Å². The second-order valence-corrected chi connectivity index (χ2v) is 9.86. The van der Waals surface area contributed by atoms with E-state index in [4.69, 9.17) is 4.52 Å². The van der Waals surface area contributed by atoms with E-state index in [0.717, 1.165) is 75.4 Å². The van der Waals surface area contributed by atoms with Gasteiger partial charge in [-0.05, 0) is 68.5 Å². The number of carbonyl (C=O) groups is 1. The first kappa shape index (κ1) is 23.7. The highest BCUT2D eigenvalue weighted by Crippen LogP contribution is 2.30. The number of benzene rings is 2. The molecule has 184 valence electrons. The van der Waals surface area contributed by atoms with Gasteiger partial charge in [0.2, 0.25) is 11.8 Å². The van der Waals surface area contributed by atoms with E-state index < -0.39 is 0 Å². The summed E-state index contributed by atoms with van der Waals surface area (Å²) in [5, 5.41) is 7.38. The van der Waals surface area contributed by atoms with Crippen LogP contribution in [0.1, 0.15) is 73.3 Å². The van der Waals surface area contributed by atoms with Crippen LogP contribution in [0.4, 0.5) is 4.39 Å². The van der Waals surface area contributed by atoms with Gasteiger partial charge in [-0.15, -0.1) is 0 Å². The summed E-state index contributed by atoms with van der Waals surface area (Å²) in [5.74, 6) is 1.70. The van der Waals surface area contributed by atoms with E-state index in [-0.39, 0.29) is 29.6 Å². The predicted octanol–water partition coefficient (Wildman–Crippen LogP) is 5.03. The molecule has 5 rings (SSSR count). The molecule has 0 radical (unpaired) electrons. The number of hydrogen-bond acceptors (Lipinski definition) is 5. The number of hydrogen-bond donors (Lipinski definition) is 1. The van der Waals surface area contributed by atoms with E-state index in [0.29, 0.717) is 6.42 Å². The van der Waals surface area contributed by atoms with E-state index in [2.05, 4.69) is 32.5 Å². The molecule has 6 nitrogen and oxygen atoms in total. The summed E-state index contributed by atoms with van der Waals surface area (Å²) in [6.45, 7) is 2.73. The Kier molecular flexibility index (Phi) is 7.52. The van der Waals surface area contributed by atoms with E-state index in [1.807, 2.05) is 24.3 Å². The van der Waals surface area contributed by atoms with Crippen molar-refractivity contribution in [3.05, 3.63) is 83.3 Å². The molecule has 2 aromatic carbocycles. The highest BCUT2D eigenvalue weighted by molar-refractivity contribution is 5.79. The molecule has 0 bridgehead atoms. The van der Waals surface area contributed by atoms with Crippen LogP contribution in [-0.2, 0) is 11.2 Å². The van der Waals surface area contributed by atoms with Crippen molar-refractivity contribution in [1.29, 1.82) is 0 Å². The molecule has 1 aliphatic carbocycles. The third-order valence-corrected chi connectivity index (χ3v) is 7.40. The largest absolute Gasteiger partial charge is 0.349 e. The van der Waals surface area contributed by atoms with Gasteiger partial charge >= 0.3 is 0 Å². The van der Waals surface area contributed by atoms with Crippen LogP contribution < -0.4 is 5.32 Å². The zero-order valence-electron chi connectivity index (χ0n) is 20.0. The van der Waals surface area contributed by atoms with Gasteiger partial charge in [-0.1, -0.05) is 54.0 Å². The second kappa shape index (κ2) is 11.1. The highest BCUT2D eigenvalue weighted by atomic mass is 19.1. The number of piperidine rings is 1. The molecule has 1 atom stereocenters. The fourth-order valence-corrected chi connectivity index (χ4v) is 5.00. The zero-order chi connectivity index (χ0) is 24.0. The fraction of sp³-hybridized carbons (Fsp3) is 0.464. The molecule has 1 saturated heterocycles. The number of amides is 1. The smallest absolute Gasteiger partial charge is 0.229 e. The number of halogens is 1. The maximum atomic E-state index is 13.9. The van der Waals surface area contributed by atoms with Crippen molar-refractivity contribution < 1.29 is 13.7 Å². The van der Waals surface area contributed by atoms with E-state index in [1.54, 1.807) is 12.1 Å². The standard InChI is InChI=1S/C28H33FN4O2/c29-24-11-5-10-23(19-24)25(30-27(34)21-8-4-9-21)14-17-33-15-12-22(13-16-33)28-31-26(32-35-28)18-20-6-2-1-3-7-20/h1-3,5-7,10-11,19,21-22,25H,4,8-9,12-18H2,(H,30,34)/t25-/m0/s1. The lowest BCUT2D eigenvalue weighted by Gasteiger charge is -2.32. The summed E-state index contributed by atoms with van der Waals surface area (Å²) in [7, 11) is 0. The number of nitrogens with one attached hydrogen (secondary N) is 1. The minimum atomic E-state index is -0.266. The fourth-order valence-electron chi connectivity index (χ4n) is 5.00. The van der Waals surface area contributed by atoms with Crippen LogP contribution in [0.2, 0.25) is 0 Å². The summed E-state index contributed by atoms with van der Waals surface area (Å²) >= 11 is 0. The molecular formula is C28H33FN4O2. The van der Waals surface area contributed by atoms with Crippen molar-refractivity contribution in [2.45, 2.75) is 56.9 Å². The third kappa shape index (κ3) is 6.14. The molecular weight excluding hydrogens is 443 g/mol. The molecule has 0 unspecified atom stereocenters. The predicted molar refractivity (Wildman–Crippen MR) is 131 cm³/mol. The number of likely N-dealkylation sites (tertiary alicyclic amines) is 1. The van der Waals surface area contributed by atoms with Gasteiger partial charge in [0, 0.05) is 24.8 Å². The number of rotatable bonds is 9. The zero-order valence-corrected chi connectivity index (χ0v) is 20.0. The van der Waals surface area contributed by atoms with Crippen LogP contribution in [0.3, 0.4) is 0 Å². The molecule has 3 aromatic rings. The van der Waals surface area contributed by atoms with Gasteiger partial charge in [0.05, 0.1) is 6.04 Å². The lowest BCUT2D eigenvalue weighted by atomic mass is 9.84. The SMILES string of the molecule is O=C(N[C@@H](CCN1CCC(c2nc(Cc3ccccc3)no2)CC1)c1cccc(F)c1)C1CCC1. The average Bonchev–Trinajstić information content (AvgIpc) is 3.30. The Bertz CT molecular complexity index is 1110. The van der Waals surface area contributed by atoms with Gasteiger partial charge in [0.15, 0.2) is 5.82 Å². The molecule has 1 amide bonds. The minimum absolute atomic E-state index is 0.104. The Balaban J connectivity index is 1.13. The maximum Gasteiger partial charge on any atom is 0.229 e. The normalized spacial score (nSPS) is 18.2. The number of nitrogens with zero attached hydrogens (tertiary/aromatic N) is 3.